The predicted octanol–water partition coefficient (Wildman–Crippen LogP) is 2.17. The molecule has 1 atom stereocenters. The van der Waals surface area contributed by atoms with E-state index in [0.717, 1.165) is 0 Å². The first kappa shape index (κ1) is 19.2. The Balaban J connectivity index is 1.59. The molecule has 1 heterocycles. The summed E-state index contributed by atoms with van der Waals surface area (Å²) in [5, 5.41) is 7.95. The second-order valence-electron chi connectivity index (χ2n) is 6.12. The van der Waals surface area contributed by atoms with Crippen molar-refractivity contribution >= 4 is 29.1 Å². The molecular weight excluding hydrogens is 362 g/mol. The van der Waals surface area contributed by atoms with Crippen LogP contribution in [-0.4, -0.2) is 37.0 Å². The highest BCUT2D eigenvalue weighted by atomic mass is 16.5. The first-order valence-electron chi connectivity index (χ1n) is 8.89. The van der Waals surface area contributed by atoms with Gasteiger partial charge in [-0.2, -0.15) is 0 Å². The fourth-order valence-corrected chi connectivity index (χ4v) is 2.68. The third-order valence-corrected chi connectivity index (χ3v) is 4.04. The Morgan fingerprint density at radius 2 is 2.00 bits per heavy atom. The van der Waals surface area contributed by atoms with Gasteiger partial charge in [0.25, 0.3) is 11.8 Å². The molecule has 0 radical (unpaired) electrons. The maximum absolute atomic E-state index is 12.3. The molecule has 2 aromatic rings. The molecule has 0 aromatic heterocycles. The lowest BCUT2D eigenvalue weighted by molar-refractivity contribution is -0.122. The van der Waals surface area contributed by atoms with Gasteiger partial charge in [0.1, 0.15) is 11.5 Å². The first-order valence-corrected chi connectivity index (χ1v) is 8.89. The van der Waals surface area contributed by atoms with Gasteiger partial charge < -0.3 is 25.4 Å². The predicted molar refractivity (Wildman–Crippen MR) is 104 cm³/mol. The van der Waals surface area contributed by atoms with Crippen LogP contribution in [0, 0.1) is 0 Å². The molecule has 8 nitrogen and oxygen atoms in total. The maximum Gasteiger partial charge on any atom is 0.265 e. The van der Waals surface area contributed by atoms with Crippen LogP contribution in [0.3, 0.4) is 0 Å². The van der Waals surface area contributed by atoms with E-state index in [1.165, 1.54) is 0 Å². The average molecular weight is 383 g/mol. The van der Waals surface area contributed by atoms with Crippen LogP contribution < -0.4 is 25.4 Å². The molecule has 3 amide bonds. The van der Waals surface area contributed by atoms with Gasteiger partial charge in [-0.15, -0.1) is 0 Å². The summed E-state index contributed by atoms with van der Waals surface area (Å²) in [5.41, 5.74) is 1.32. The van der Waals surface area contributed by atoms with Crippen molar-refractivity contribution in [1.82, 2.24) is 5.32 Å². The van der Waals surface area contributed by atoms with Crippen LogP contribution in [0.15, 0.2) is 42.5 Å². The van der Waals surface area contributed by atoms with Crippen LogP contribution >= 0.6 is 0 Å². The fraction of sp³-hybridized carbons (Fsp3) is 0.250. The molecule has 3 rings (SSSR count). The summed E-state index contributed by atoms with van der Waals surface area (Å²) in [6.45, 7) is 3.70. The lowest BCUT2D eigenvalue weighted by atomic mass is 10.2. The number of carbonyl (C=O) groups is 3. The highest BCUT2D eigenvalue weighted by Gasteiger charge is 2.23. The monoisotopic (exact) mass is 383 g/mol. The van der Waals surface area contributed by atoms with Crippen molar-refractivity contribution in [1.29, 1.82) is 0 Å². The summed E-state index contributed by atoms with van der Waals surface area (Å²) in [7, 11) is 0. The number of hydrogen-bond acceptors (Lipinski definition) is 5. The van der Waals surface area contributed by atoms with Crippen LogP contribution in [0.5, 0.6) is 11.5 Å². The zero-order valence-corrected chi connectivity index (χ0v) is 15.6. The van der Waals surface area contributed by atoms with E-state index in [1.807, 2.05) is 6.92 Å². The van der Waals surface area contributed by atoms with E-state index in [1.54, 1.807) is 49.4 Å². The number of rotatable bonds is 6. The molecule has 3 N–H and O–H groups in total. The summed E-state index contributed by atoms with van der Waals surface area (Å²) in [5.74, 6) is -0.0670. The topological polar surface area (TPSA) is 106 Å². The zero-order valence-electron chi connectivity index (χ0n) is 15.6. The van der Waals surface area contributed by atoms with E-state index in [0.29, 0.717) is 35.0 Å². The van der Waals surface area contributed by atoms with Crippen molar-refractivity contribution in [3.63, 3.8) is 0 Å². The molecule has 0 fully saturated rings. The lowest BCUT2D eigenvalue weighted by Gasteiger charge is -2.23. The Bertz CT molecular complexity index is 912. The highest BCUT2D eigenvalue weighted by Crippen LogP contribution is 2.32. The molecule has 0 unspecified atom stereocenters. The normalized spacial score (nSPS) is 14.9. The number of fused-ring (bicyclic) bond motifs is 1. The second kappa shape index (κ2) is 8.43. The smallest absolute Gasteiger partial charge is 0.265 e. The van der Waals surface area contributed by atoms with Crippen molar-refractivity contribution in [3.05, 3.63) is 48.0 Å². The van der Waals surface area contributed by atoms with Gasteiger partial charge in [-0.3, -0.25) is 14.4 Å². The average Bonchev–Trinajstić information content (AvgIpc) is 2.68. The lowest BCUT2D eigenvalue weighted by Crippen LogP contribution is -2.34. The van der Waals surface area contributed by atoms with Gasteiger partial charge in [-0.1, -0.05) is 12.1 Å². The number of anilines is 2. The van der Waals surface area contributed by atoms with Crippen molar-refractivity contribution in [2.24, 2.45) is 0 Å². The van der Waals surface area contributed by atoms with Gasteiger partial charge in [0, 0.05) is 5.69 Å². The van der Waals surface area contributed by atoms with Gasteiger partial charge in [-0.05, 0) is 44.2 Å². The molecule has 0 saturated heterocycles. The Hall–Kier alpha value is -3.55. The van der Waals surface area contributed by atoms with Crippen LogP contribution in [0.4, 0.5) is 11.4 Å². The minimum absolute atomic E-state index is 0.212. The second-order valence-corrected chi connectivity index (χ2v) is 6.12. The Kier molecular flexibility index (Phi) is 5.78. The zero-order chi connectivity index (χ0) is 20.1. The number of amides is 3. The molecule has 1 aliphatic heterocycles. The van der Waals surface area contributed by atoms with Gasteiger partial charge in [0.2, 0.25) is 5.91 Å². The molecule has 8 heteroatoms. The summed E-state index contributed by atoms with van der Waals surface area (Å²) in [4.78, 5) is 36.2. The van der Waals surface area contributed by atoms with E-state index in [2.05, 4.69) is 16.0 Å². The number of nitrogens with one attached hydrogen (secondary N) is 3. The Labute approximate surface area is 162 Å². The van der Waals surface area contributed by atoms with Crippen molar-refractivity contribution < 1.29 is 23.9 Å². The molecule has 146 valence electrons. The largest absolute Gasteiger partial charge is 0.493 e. The molecule has 0 spiro atoms. The molecule has 0 bridgehead atoms. The van der Waals surface area contributed by atoms with Gasteiger partial charge in [0.15, 0.2) is 6.10 Å². The van der Waals surface area contributed by atoms with E-state index in [-0.39, 0.29) is 12.5 Å². The third-order valence-electron chi connectivity index (χ3n) is 4.04. The van der Waals surface area contributed by atoms with Crippen molar-refractivity contribution in [2.75, 3.05) is 23.8 Å². The summed E-state index contributed by atoms with van der Waals surface area (Å²) >= 11 is 0. The third kappa shape index (κ3) is 4.40. The number of carbonyl (C=O) groups excluding carboxylic acids is 3. The molecule has 1 aliphatic rings. The SMILES string of the molecule is CCOc1ccccc1C(=O)NCC(=O)Nc1ccc2c(c1)NC(=O)[C@H](C)O2. The Morgan fingerprint density at radius 3 is 2.79 bits per heavy atom. The summed E-state index contributed by atoms with van der Waals surface area (Å²) in [6.07, 6.45) is -0.567. The van der Waals surface area contributed by atoms with E-state index in [9.17, 15) is 14.4 Å². The van der Waals surface area contributed by atoms with E-state index in [4.69, 9.17) is 9.47 Å². The molecule has 2 aromatic carbocycles. The van der Waals surface area contributed by atoms with Crippen molar-refractivity contribution in [2.45, 2.75) is 20.0 Å². The van der Waals surface area contributed by atoms with Gasteiger partial charge in [0.05, 0.1) is 24.4 Å². The Morgan fingerprint density at radius 1 is 1.21 bits per heavy atom. The van der Waals surface area contributed by atoms with Gasteiger partial charge >= 0.3 is 0 Å². The van der Waals surface area contributed by atoms with E-state index < -0.39 is 17.9 Å². The number of benzene rings is 2. The first-order chi connectivity index (χ1) is 13.5. The molecule has 28 heavy (non-hydrogen) atoms. The van der Waals surface area contributed by atoms with Gasteiger partial charge in [-0.25, -0.2) is 0 Å². The van der Waals surface area contributed by atoms with E-state index >= 15 is 0 Å². The van der Waals surface area contributed by atoms with Crippen LogP contribution in [0.2, 0.25) is 0 Å². The standard InChI is InChI=1S/C20H21N3O5/c1-3-27-16-7-5-4-6-14(16)20(26)21-11-18(24)22-13-8-9-17-15(10-13)23-19(25)12(2)28-17/h4-10,12H,3,11H2,1-2H3,(H,21,26)(H,22,24)(H,23,25)/t12-/m0/s1. The summed E-state index contributed by atoms with van der Waals surface area (Å²) < 4.78 is 10.9. The quantitative estimate of drug-likeness (QED) is 0.709. The highest BCUT2D eigenvalue weighted by molar-refractivity contribution is 6.02. The maximum atomic E-state index is 12.3. The minimum atomic E-state index is -0.567. The van der Waals surface area contributed by atoms with Crippen LogP contribution in [0.1, 0.15) is 24.2 Å². The molecular formula is C20H21N3O5. The molecule has 0 aliphatic carbocycles. The minimum Gasteiger partial charge on any atom is -0.493 e. The number of hydrogen-bond donors (Lipinski definition) is 3. The van der Waals surface area contributed by atoms with Crippen LogP contribution in [-0.2, 0) is 9.59 Å². The molecule has 0 saturated carbocycles. The fourth-order valence-electron chi connectivity index (χ4n) is 2.68. The number of ether oxygens (including phenoxy) is 2. The van der Waals surface area contributed by atoms with Crippen molar-refractivity contribution in [3.8, 4) is 11.5 Å². The number of para-hydroxylation sites is 1. The van der Waals surface area contributed by atoms with Crippen LogP contribution in [0.25, 0.3) is 0 Å². The summed E-state index contributed by atoms with van der Waals surface area (Å²) in [6, 6.07) is 11.7.